The standard InChI is InChI=1S/C30H58B2O6Si3/c1-27(2)28(3,4)34-31(33-27)26(32-35-29(5,6)30(7,8)36-32)25(24-20-17-16-18-21-24)22-19-23-41(15,37-39(9,10)11)38-40(12,13)14/h16-18,20-21,25-26H,19,22-23H2,1-15H3. The molecule has 2 saturated heterocycles. The molecule has 41 heavy (non-hydrogen) atoms. The van der Waals surface area contributed by atoms with Gasteiger partial charge in [-0.3, -0.25) is 0 Å². The molecule has 2 heterocycles. The first-order valence-electron chi connectivity index (χ1n) is 15.5. The lowest BCUT2D eigenvalue weighted by Gasteiger charge is -2.39. The highest BCUT2D eigenvalue weighted by Gasteiger charge is 2.63. The van der Waals surface area contributed by atoms with Gasteiger partial charge in [0.2, 0.25) is 0 Å². The summed E-state index contributed by atoms with van der Waals surface area (Å²) in [5.74, 6) is 0.0950. The summed E-state index contributed by atoms with van der Waals surface area (Å²) in [6.45, 7) is 32.8. The largest absolute Gasteiger partial charge is 0.459 e. The highest BCUT2D eigenvalue weighted by atomic mass is 28.5. The minimum atomic E-state index is -2.38. The van der Waals surface area contributed by atoms with E-state index in [1.165, 1.54) is 5.56 Å². The predicted octanol–water partition coefficient (Wildman–Crippen LogP) is 8.42. The third-order valence-electron chi connectivity index (χ3n) is 9.05. The van der Waals surface area contributed by atoms with Gasteiger partial charge >= 0.3 is 22.8 Å². The smallest absolute Gasteiger partial charge is 0.437 e. The Hall–Kier alpha value is -0.239. The van der Waals surface area contributed by atoms with Crippen LogP contribution >= 0.6 is 0 Å². The molecule has 0 radical (unpaired) electrons. The predicted molar refractivity (Wildman–Crippen MR) is 180 cm³/mol. The van der Waals surface area contributed by atoms with Crippen LogP contribution in [0.1, 0.15) is 79.7 Å². The molecule has 1 aromatic carbocycles. The summed E-state index contributed by atoms with van der Waals surface area (Å²) in [6.07, 6.45) is 1.91. The molecule has 0 spiro atoms. The van der Waals surface area contributed by atoms with Gasteiger partial charge in [-0.2, -0.15) is 0 Å². The SMILES string of the molecule is CC1(C)OB(C(B2OC(C)(C)C(C)(C)O2)C(CCC[Si](C)(O[Si](C)(C)C)O[Si](C)(C)C)c2ccccc2)OC1(C)C. The van der Waals surface area contributed by atoms with Gasteiger partial charge in [0.15, 0.2) is 16.6 Å². The Labute approximate surface area is 255 Å². The van der Waals surface area contributed by atoms with Gasteiger partial charge in [-0.05, 0) is 125 Å². The van der Waals surface area contributed by atoms with Gasteiger partial charge in [-0.25, -0.2) is 0 Å². The normalized spacial score (nSPS) is 22.9. The van der Waals surface area contributed by atoms with Crippen molar-refractivity contribution in [3.05, 3.63) is 35.9 Å². The summed E-state index contributed by atoms with van der Waals surface area (Å²) in [7, 11) is -6.89. The highest BCUT2D eigenvalue weighted by Crippen LogP contribution is 2.51. The maximum atomic E-state index is 6.85. The van der Waals surface area contributed by atoms with Crippen molar-refractivity contribution >= 4 is 39.4 Å². The Bertz CT molecular complexity index is 939. The Morgan fingerprint density at radius 3 is 1.34 bits per heavy atom. The maximum Gasteiger partial charge on any atom is 0.459 e. The summed E-state index contributed by atoms with van der Waals surface area (Å²) >= 11 is 0. The number of hydrogen-bond donors (Lipinski definition) is 0. The van der Waals surface area contributed by atoms with Crippen molar-refractivity contribution in [2.24, 2.45) is 0 Å². The highest BCUT2D eigenvalue weighted by molar-refractivity contribution is 6.87. The van der Waals surface area contributed by atoms with E-state index >= 15 is 0 Å². The summed E-state index contributed by atoms with van der Waals surface area (Å²) in [5.41, 5.74) is -0.734. The molecule has 232 valence electrons. The minimum Gasteiger partial charge on any atom is -0.437 e. The lowest BCUT2D eigenvalue weighted by Crippen LogP contribution is -2.52. The summed E-state index contributed by atoms with van der Waals surface area (Å²) < 4.78 is 40.7. The Morgan fingerprint density at radius 2 is 1.00 bits per heavy atom. The lowest BCUT2D eigenvalue weighted by atomic mass is 9.45. The van der Waals surface area contributed by atoms with Crippen molar-refractivity contribution in [1.29, 1.82) is 0 Å². The van der Waals surface area contributed by atoms with E-state index in [0.29, 0.717) is 0 Å². The maximum absolute atomic E-state index is 6.85. The number of hydrogen-bond acceptors (Lipinski definition) is 6. The third kappa shape index (κ3) is 8.69. The Balaban J connectivity index is 1.99. The molecular weight excluding hydrogens is 562 g/mol. The fraction of sp³-hybridized carbons (Fsp3) is 0.800. The molecule has 1 unspecified atom stereocenters. The van der Waals surface area contributed by atoms with E-state index in [1.807, 2.05) is 0 Å². The summed E-state index contributed by atoms with van der Waals surface area (Å²) in [4.78, 5) is 0. The summed E-state index contributed by atoms with van der Waals surface area (Å²) in [6, 6.07) is 11.7. The molecule has 1 atom stereocenters. The molecule has 0 amide bonds. The molecule has 0 aromatic heterocycles. The van der Waals surface area contributed by atoms with Gasteiger partial charge in [-0.15, -0.1) is 0 Å². The number of rotatable bonds is 12. The molecule has 0 N–H and O–H groups in total. The van der Waals surface area contributed by atoms with Gasteiger partial charge in [0.05, 0.1) is 22.4 Å². The van der Waals surface area contributed by atoms with E-state index in [-0.39, 0.29) is 11.6 Å². The second-order valence-corrected chi connectivity index (χ2v) is 29.1. The van der Waals surface area contributed by atoms with Gasteiger partial charge in [0.25, 0.3) is 0 Å². The van der Waals surface area contributed by atoms with E-state index in [1.54, 1.807) is 0 Å². The van der Waals surface area contributed by atoms with Crippen LogP contribution in [0.3, 0.4) is 0 Å². The average molecular weight is 621 g/mol. The van der Waals surface area contributed by atoms with Crippen LogP contribution in [0, 0.1) is 0 Å². The van der Waals surface area contributed by atoms with Gasteiger partial charge in [0, 0.05) is 5.72 Å². The van der Waals surface area contributed by atoms with Crippen molar-refractivity contribution in [3.8, 4) is 0 Å². The van der Waals surface area contributed by atoms with Crippen molar-refractivity contribution in [1.82, 2.24) is 0 Å². The first-order valence-corrected chi connectivity index (χ1v) is 24.9. The molecule has 3 rings (SSSR count). The van der Waals surface area contributed by atoms with Crippen LogP contribution in [-0.2, 0) is 26.8 Å². The van der Waals surface area contributed by atoms with Gasteiger partial charge in [-0.1, -0.05) is 36.8 Å². The lowest BCUT2D eigenvalue weighted by molar-refractivity contribution is 0.00578. The molecule has 1 aromatic rings. The molecule has 2 fully saturated rings. The van der Waals surface area contributed by atoms with Crippen LogP contribution in [0.5, 0.6) is 0 Å². The molecular formula is C30H58B2O6Si3. The zero-order chi connectivity index (χ0) is 31.3. The van der Waals surface area contributed by atoms with Crippen molar-refractivity contribution in [2.75, 3.05) is 0 Å². The van der Waals surface area contributed by atoms with Crippen LogP contribution in [0.15, 0.2) is 30.3 Å². The minimum absolute atomic E-state index is 0.0950. The van der Waals surface area contributed by atoms with E-state index in [9.17, 15) is 0 Å². The van der Waals surface area contributed by atoms with Crippen LogP contribution in [0.2, 0.25) is 57.6 Å². The van der Waals surface area contributed by atoms with E-state index < -0.39 is 61.8 Å². The number of benzene rings is 1. The molecule has 2 aliphatic rings. The van der Waals surface area contributed by atoms with Crippen molar-refractivity contribution < 1.29 is 26.8 Å². The third-order valence-corrected chi connectivity index (χ3v) is 18.7. The average Bonchev–Trinajstić information content (AvgIpc) is 3.09. The molecule has 11 heteroatoms. The fourth-order valence-electron chi connectivity index (χ4n) is 5.94. The molecule has 0 bridgehead atoms. The van der Waals surface area contributed by atoms with Gasteiger partial charge < -0.3 is 26.8 Å². The van der Waals surface area contributed by atoms with Crippen molar-refractivity contribution in [2.45, 2.75) is 154 Å². The molecule has 0 aliphatic carbocycles. The Kier molecular flexibility index (Phi) is 10.3. The van der Waals surface area contributed by atoms with Crippen LogP contribution in [0.25, 0.3) is 0 Å². The van der Waals surface area contributed by atoms with E-state index in [2.05, 4.69) is 132 Å². The molecule has 2 aliphatic heterocycles. The first kappa shape index (κ1) is 35.2. The van der Waals surface area contributed by atoms with Gasteiger partial charge in [0.1, 0.15) is 0 Å². The second kappa shape index (κ2) is 11.9. The van der Waals surface area contributed by atoms with Crippen molar-refractivity contribution in [3.63, 3.8) is 0 Å². The summed E-state index contributed by atoms with van der Waals surface area (Å²) in [5, 5.41) is 0. The van der Waals surface area contributed by atoms with E-state index in [0.717, 1.165) is 18.9 Å². The molecule has 6 nitrogen and oxygen atoms in total. The second-order valence-electron chi connectivity index (χ2n) is 16.3. The van der Waals surface area contributed by atoms with Crippen LogP contribution in [0.4, 0.5) is 0 Å². The fourth-order valence-corrected chi connectivity index (χ4v) is 18.5. The zero-order valence-corrected chi connectivity index (χ0v) is 31.8. The molecule has 0 saturated carbocycles. The Morgan fingerprint density at radius 1 is 0.634 bits per heavy atom. The first-order chi connectivity index (χ1) is 18.4. The van der Waals surface area contributed by atoms with Crippen LogP contribution < -0.4 is 0 Å². The van der Waals surface area contributed by atoms with Crippen LogP contribution in [-0.4, -0.2) is 61.8 Å². The topological polar surface area (TPSA) is 55.4 Å². The van der Waals surface area contributed by atoms with E-state index in [4.69, 9.17) is 26.8 Å². The zero-order valence-electron chi connectivity index (χ0n) is 28.8. The monoisotopic (exact) mass is 620 g/mol. The quantitative estimate of drug-likeness (QED) is 0.219.